The Bertz CT molecular complexity index is 957. The minimum atomic E-state index is -4.12. The van der Waals surface area contributed by atoms with Gasteiger partial charge < -0.3 is 0 Å². The van der Waals surface area contributed by atoms with Crippen LogP contribution in [0.5, 0.6) is 0 Å². The molecule has 3 rings (SSSR count). The molecule has 7 heteroatoms. The van der Waals surface area contributed by atoms with Crippen molar-refractivity contribution < 1.29 is 12.8 Å². The summed E-state index contributed by atoms with van der Waals surface area (Å²) in [5.74, 6) is -0.889. The number of allylic oxidation sites excluding steroid dienone is 1. The molecule has 0 saturated heterocycles. The SMILES string of the molecule is NS(=O)(=O)c1ccc(C2(c3cccc(Cl)c3)C=CC=NC2)cc1F. The van der Waals surface area contributed by atoms with Gasteiger partial charge in [0.05, 0.1) is 12.0 Å². The molecule has 0 saturated carbocycles. The van der Waals surface area contributed by atoms with Crippen LogP contribution in [0.25, 0.3) is 0 Å². The number of hydrogen-bond donors (Lipinski definition) is 1. The fraction of sp³-hybridized carbons (Fsp3) is 0.118. The molecule has 1 aliphatic rings. The van der Waals surface area contributed by atoms with Crippen molar-refractivity contribution in [2.45, 2.75) is 10.3 Å². The molecule has 124 valence electrons. The molecular formula is C17H14ClFN2O2S. The number of halogens is 2. The van der Waals surface area contributed by atoms with Crippen molar-refractivity contribution in [3.63, 3.8) is 0 Å². The van der Waals surface area contributed by atoms with Gasteiger partial charge in [0.15, 0.2) is 0 Å². The molecule has 0 bridgehead atoms. The average Bonchev–Trinajstić information content (AvgIpc) is 2.54. The normalized spacial score (nSPS) is 20.3. The lowest BCUT2D eigenvalue weighted by Gasteiger charge is -2.32. The summed E-state index contributed by atoms with van der Waals surface area (Å²) in [5.41, 5.74) is 0.686. The summed E-state index contributed by atoms with van der Waals surface area (Å²) in [6, 6.07) is 11.1. The van der Waals surface area contributed by atoms with Crippen LogP contribution in [0.15, 0.2) is 64.5 Å². The van der Waals surface area contributed by atoms with Gasteiger partial charge in [0.25, 0.3) is 0 Å². The average molecular weight is 365 g/mol. The zero-order valence-corrected chi connectivity index (χ0v) is 14.1. The van der Waals surface area contributed by atoms with Crippen LogP contribution in [0.3, 0.4) is 0 Å². The fourth-order valence-corrected chi connectivity index (χ4v) is 3.61. The molecule has 2 N–H and O–H groups in total. The second kappa shape index (κ2) is 6.12. The minimum Gasteiger partial charge on any atom is -0.292 e. The van der Waals surface area contributed by atoms with E-state index in [0.29, 0.717) is 17.1 Å². The molecule has 0 spiro atoms. The molecule has 0 aromatic heterocycles. The number of rotatable bonds is 3. The number of hydrogen-bond acceptors (Lipinski definition) is 3. The lowest BCUT2D eigenvalue weighted by atomic mass is 9.73. The zero-order chi connectivity index (χ0) is 17.4. The molecule has 0 fully saturated rings. The summed E-state index contributed by atoms with van der Waals surface area (Å²) in [6.45, 7) is 0.359. The van der Waals surface area contributed by atoms with Gasteiger partial charge in [0.1, 0.15) is 10.7 Å². The molecule has 24 heavy (non-hydrogen) atoms. The van der Waals surface area contributed by atoms with E-state index in [9.17, 15) is 12.8 Å². The molecular weight excluding hydrogens is 351 g/mol. The topological polar surface area (TPSA) is 72.5 Å². The Kier molecular flexibility index (Phi) is 4.29. The molecule has 1 aliphatic heterocycles. The number of nitrogens with zero attached hydrogens (tertiary/aromatic N) is 1. The first kappa shape index (κ1) is 16.8. The second-order valence-corrected chi connectivity index (χ2v) is 7.49. The van der Waals surface area contributed by atoms with E-state index in [1.165, 1.54) is 12.1 Å². The van der Waals surface area contributed by atoms with Gasteiger partial charge in [-0.1, -0.05) is 35.9 Å². The highest BCUT2D eigenvalue weighted by atomic mass is 35.5. The van der Waals surface area contributed by atoms with Crippen molar-refractivity contribution in [2.75, 3.05) is 6.54 Å². The number of aliphatic imine (C=N–C) groups is 1. The van der Waals surface area contributed by atoms with E-state index < -0.39 is 26.2 Å². The quantitative estimate of drug-likeness (QED) is 0.909. The third kappa shape index (κ3) is 3.00. The Morgan fingerprint density at radius 1 is 1.17 bits per heavy atom. The van der Waals surface area contributed by atoms with E-state index in [0.717, 1.165) is 5.56 Å². The summed E-state index contributed by atoms with van der Waals surface area (Å²) < 4.78 is 37.2. The van der Waals surface area contributed by atoms with Crippen molar-refractivity contribution in [1.29, 1.82) is 0 Å². The van der Waals surface area contributed by atoms with Crippen LogP contribution >= 0.6 is 11.6 Å². The highest BCUT2D eigenvalue weighted by molar-refractivity contribution is 7.89. The first-order valence-corrected chi connectivity index (χ1v) is 9.02. The predicted octanol–water partition coefficient (Wildman–Crippen LogP) is 3.05. The smallest absolute Gasteiger partial charge is 0.240 e. The predicted molar refractivity (Wildman–Crippen MR) is 92.5 cm³/mol. The molecule has 4 nitrogen and oxygen atoms in total. The van der Waals surface area contributed by atoms with Crippen LogP contribution in [0.2, 0.25) is 5.02 Å². The van der Waals surface area contributed by atoms with Gasteiger partial charge in [-0.05, 0) is 41.5 Å². The lowest BCUT2D eigenvalue weighted by Crippen LogP contribution is -2.31. The highest BCUT2D eigenvalue weighted by Gasteiger charge is 2.34. The molecule has 0 aliphatic carbocycles. The van der Waals surface area contributed by atoms with E-state index in [-0.39, 0.29) is 0 Å². The molecule has 1 unspecified atom stereocenters. The van der Waals surface area contributed by atoms with Crippen LogP contribution in [-0.4, -0.2) is 21.2 Å². The van der Waals surface area contributed by atoms with Gasteiger partial charge in [-0.3, -0.25) is 4.99 Å². The van der Waals surface area contributed by atoms with Gasteiger partial charge in [0, 0.05) is 11.2 Å². The van der Waals surface area contributed by atoms with Crippen molar-refractivity contribution in [2.24, 2.45) is 10.1 Å². The van der Waals surface area contributed by atoms with E-state index in [4.69, 9.17) is 16.7 Å². The monoisotopic (exact) mass is 364 g/mol. The first-order chi connectivity index (χ1) is 11.3. The number of nitrogens with two attached hydrogens (primary N) is 1. The van der Waals surface area contributed by atoms with Crippen molar-refractivity contribution in [1.82, 2.24) is 0 Å². The maximum atomic E-state index is 14.3. The van der Waals surface area contributed by atoms with Crippen LogP contribution in [0.1, 0.15) is 11.1 Å². The van der Waals surface area contributed by atoms with Crippen molar-refractivity contribution in [3.05, 3.63) is 76.6 Å². The molecule has 1 atom stereocenters. The van der Waals surface area contributed by atoms with Gasteiger partial charge in [0.2, 0.25) is 10.0 Å². The van der Waals surface area contributed by atoms with Gasteiger partial charge in [-0.15, -0.1) is 0 Å². The van der Waals surface area contributed by atoms with Crippen LogP contribution in [-0.2, 0) is 15.4 Å². The van der Waals surface area contributed by atoms with E-state index in [2.05, 4.69) is 4.99 Å². The van der Waals surface area contributed by atoms with E-state index in [1.54, 1.807) is 36.6 Å². The molecule has 1 heterocycles. The Labute approximate surface area is 144 Å². The number of dihydropyridines is 1. The standard InChI is InChI=1S/C17H14ClFN2O2S/c18-14-4-1-3-12(9-14)17(7-2-8-21-11-17)13-5-6-16(15(19)10-13)24(20,22)23/h1-10H,11H2,(H2,20,22,23). The maximum Gasteiger partial charge on any atom is 0.240 e. The summed E-state index contributed by atoms with van der Waals surface area (Å²) in [5, 5.41) is 5.58. The Balaban J connectivity index is 2.20. The second-order valence-electron chi connectivity index (χ2n) is 5.52. The third-order valence-corrected chi connectivity index (χ3v) is 5.19. The van der Waals surface area contributed by atoms with Crippen LogP contribution in [0, 0.1) is 5.82 Å². The third-order valence-electron chi connectivity index (χ3n) is 4.01. The summed E-state index contributed by atoms with van der Waals surface area (Å²) in [7, 11) is -4.12. The van der Waals surface area contributed by atoms with Gasteiger partial charge in [-0.2, -0.15) is 0 Å². The first-order valence-electron chi connectivity index (χ1n) is 7.09. The van der Waals surface area contributed by atoms with E-state index in [1.807, 2.05) is 12.1 Å². The summed E-state index contributed by atoms with van der Waals surface area (Å²) >= 11 is 6.10. The largest absolute Gasteiger partial charge is 0.292 e. The van der Waals surface area contributed by atoms with Crippen molar-refractivity contribution >= 4 is 27.8 Å². The molecule has 0 amide bonds. The molecule has 0 radical (unpaired) electrons. The Hall–Kier alpha value is -2.02. The Morgan fingerprint density at radius 2 is 1.92 bits per heavy atom. The fourth-order valence-electron chi connectivity index (χ4n) is 2.83. The van der Waals surface area contributed by atoms with Crippen LogP contribution < -0.4 is 5.14 Å². The maximum absolute atomic E-state index is 14.3. The highest BCUT2D eigenvalue weighted by Crippen LogP contribution is 2.37. The lowest BCUT2D eigenvalue weighted by molar-refractivity contribution is 0.561. The minimum absolute atomic E-state index is 0.359. The number of primary sulfonamides is 1. The summed E-state index contributed by atoms with van der Waals surface area (Å²) in [4.78, 5) is 3.76. The number of benzene rings is 2. The van der Waals surface area contributed by atoms with Gasteiger partial charge in [-0.25, -0.2) is 17.9 Å². The molecule has 2 aromatic carbocycles. The Morgan fingerprint density at radius 3 is 2.50 bits per heavy atom. The summed E-state index contributed by atoms with van der Waals surface area (Å²) in [6.07, 6.45) is 5.34. The van der Waals surface area contributed by atoms with Gasteiger partial charge >= 0.3 is 0 Å². The zero-order valence-electron chi connectivity index (χ0n) is 12.5. The van der Waals surface area contributed by atoms with Crippen molar-refractivity contribution in [3.8, 4) is 0 Å². The van der Waals surface area contributed by atoms with E-state index >= 15 is 0 Å². The molecule has 2 aromatic rings. The van der Waals surface area contributed by atoms with Crippen LogP contribution in [0.4, 0.5) is 4.39 Å². The number of sulfonamides is 1.